The van der Waals surface area contributed by atoms with Gasteiger partial charge in [-0.3, -0.25) is 9.78 Å². The lowest BCUT2D eigenvalue weighted by Gasteiger charge is -2.13. The van der Waals surface area contributed by atoms with Crippen LogP contribution >= 0.6 is 0 Å². The second-order valence-electron chi connectivity index (χ2n) is 6.01. The highest BCUT2D eigenvalue weighted by molar-refractivity contribution is 5.94. The molecule has 0 aliphatic heterocycles. The number of halogens is 2. The van der Waals surface area contributed by atoms with Crippen molar-refractivity contribution < 1.29 is 13.6 Å². The van der Waals surface area contributed by atoms with E-state index in [0.717, 1.165) is 17.7 Å². The van der Waals surface area contributed by atoms with Crippen LogP contribution in [0.4, 0.5) is 14.6 Å². The smallest absolute Gasteiger partial charge is 0.242 e. The fourth-order valence-electron chi connectivity index (χ4n) is 2.65. The number of nitrogens with zero attached hydrogens (tertiary/aromatic N) is 3. The molecule has 2 heterocycles. The van der Waals surface area contributed by atoms with Crippen molar-refractivity contribution in [3.8, 4) is 11.3 Å². The third-order valence-corrected chi connectivity index (χ3v) is 4.08. The van der Waals surface area contributed by atoms with Crippen molar-refractivity contribution >= 4 is 11.7 Å². The van der Waals surface area contributed by atoms with Crippen LogP contribution in [0.15, 0.2) is 48.8 Å². The van der Waals surface area contributed by atoms with Crippen LogP contribution < -0.4 is 11.1 Å². The van der Waals surface area contributed by atoms with Gasteiger partial charge in [-0.1, -0.05) is 6.07 Å². The first-order valence-corrected chi connectivity index (χ1v) is 8.46. The first kappa shape index (κ1) is 18.7. The number of nitrogens with one attached hydrogen (secondary N) is 1. The van der Waals surface area contributed by atoms with E-state index in [1.165, 1.54) is 6.07 Å². The van der Waals surface area contributed by atoms with Crippen molar-refractivity contribution in [2.24, 2.45) is 5.73 Å². The molecule has 3 rings (SSSR count). The lowest BCUT2D eigenvalue weighted by molar-refractivity contribution is -0.117. The highest BCUT2D eigenvalue weighted by Gasteiger charge is 2.18. The molecule has 0 radical (unpaired) electrons. The van der Waals surface area contributed by atoms with Crippen molar-refractivity contribution in [3.05, 3.63) is 66.0 Å². The molecule has 1 amide bonds. The van der Waals surface area contributed by atoms with E-state index in [9.17, 15) is 13.6 Å². The van der Waals surface area contributed by atoms with E-state index in [1.807, 2.05) is 19.1 Å². The fraction of sp³-hybridized carbons (Fsp3) is 0.211. The molecule has 0 saturated carbocycles. The Morgan fingerprint density at radius 2 is 1.93 bits per heavy atom. The number of aryl methyl sites for hydroxylation is 1. The maximum atomic E-state index is 13.3. The topological polar surface area (TPSA) is 85.8 Å². The van der Waals surface area contributed by atoms with Gasteiger partial charge in [-0.25, -0.2) is 13.5 Å². The summed E-state index contributed by atoms with van der Waals surface area (Å²) in [5.41, 5.74) is 7.94. The largest absolute Gasteiger partial charge is 0.320 e. The van der Waals surface area contributed by atoms with Gasteiger partial charge >= 0.3 is 0 Å². The van der Waals surface area contributed by atoms with E-state index >= 15 is 0 Å². The first-order valence-electron chi connectivity index (χ1n) is 8.46. The molecule has 2 aromatic heterocycles. The molecule has 0 spiro atoms. The van der Waals surface area contributed by atoms with Crippen LogP contribution in [0.25, 0.3) is 11.3 Å². The number of rotatable bonds is 6. The molecule has 140 valence electrons. The van der Waals surface area contributed by atoms with Gasteiger partial charge in [0.25, 0.3) is 0 Å². The number of carbonyl (C=O) groups excluding carboxylic acids is 1. The molecule has 3 aromatic rings. The summed E-state index contributed by atoms with van der Waals surface area (Å²) in [4.78, 5) is 16.4. The fourth-order valence-corrected chi connectivity index (χ4v) is 2.65. The molecule has 0 unspecified atom stereocenters. The highest BCUT2D eigenvalue weighted by Crippen LogP contribution is 2.21. The second-order valence-corrected chi connectivity index (χ2v) is 6.01. The summed E-state index contributed by atoms with van der Waals surface area (Å²) in [5, 5.41) is 7.21. The lowest BCUT2D eigenvalue weighted by atomic mass is 10.1. The number of amides is 1. The molecule has 0 saturated heterocycles. The molecule has 8 heteroatoms. The molecule has 0 bridgehead atoms. The van der Waals surface area contributed by atoms with Crippen molar-refractivity contribution in [2.45, 2.75) is 25.9 Å². The zero-order valence-electron chi connectivity index (χ0n) is 14.7. The average molecular weight is 371 g/mol. The van der Waals surface area contributed by atoms with Gasteiger partial charge in [0.05, 0.1) is 11.7 Å². The van der Waals surface area contributed by atoms with Crippen molar-refractivity contribution in [3.63, 3.8) is 0 Å². The van der Waals surface area contributed by atoms with Crippen LogP contribution in [0.2, 0.25) is 0 Å². The van der Waals surface area contributed by atoms with Gasteiger partial charge in [0.15, 0.2) is 11.6 Å². The van der Waals surface area contributed by atoms with Crippen LogP contribution in [0, 0.1) is 11.6 Å². The quantitative estimate of drug-likeness (QED) is 0.698. The highest BCUT2D eigenvalue weighted by atomic mass is 19.2. The predicted molar refractivity (Wildman–Crippen MR) is 97.8 cm³/mol. The van der Waals surface area contributed by atoms with Gasteiger partial charge < -0.3 is 11.1 Å². The van der Waals surface area contributed by atoms with Gasteiger partial charge in [0.2, 0.25) is 5.91 Å². The van der Waals surface area contributed by atoms with E-state index in [4.69, 9.17) is 5.73 Å². The molecule has 27 heavy (non-hydrogen) atoms. The Balaban J connectivity index is 1.73. The van der Waals surface area contributed by atoms with Crippen LogP contribution in [-0.2, 0) is 17.8 Å². The summed E-state index contributed by atoms with van der Waals surface area (Å²) in [6, 6.07) is 7.94. The Bertz CT molecular complexity index is 943. The number of hydrogen-bond donors (Lipinski definition) is 2. The number of nitrogens with two attached hydrogens (primary N) is 1. The normalized spacial score (nSPS) is 12.0. The molecule has 0 aliphatic rings. The van der Waals surface area contributed by atoms with Crippen molar-refractivity contribution in [2.75, 3.05) is 5.32 Å². The lowest BCUT2D eigenvalue weighted by Crippen LogP contribution is -2.38. The van der Waals surface area contributed by atoms with Gasteiger partial charge in [-0.05, 0) is 43.2 Å². The number of aromatic nitrogens is 3. The monoisotopic (exact) mass is 371 g/mol. The summed E-state index contributed by atoms with van der Waals surface area (Å²) in [7, 11) is 0. The van der Waals surface area contributed by atoms with E-state index in [0.29, 0.717) is 23.6 Å². The number of carbonyl (C=O) groups is 1. The average Bonchev–Trinajstić information content (AvgIpc) is 3.08. The third-order valence-electron chi connectivity index (χ3n) is 4.08. The van der Waals surface area contributed by atoms with Gasteiger partial charge in [0.1, 0.15) is 5.82 Å². The van der Waals surface area contributed by atoms with Crippen LogP contribution in [-0.4, -0.2) is 26.7 Å². The zero-order chi connectivity index (χ0) is 19.4. The van der Waals surface area contributed by atoms with Crippen molar-refractivity contribution in [1.29, 1.82) is 0 Å². The first-order chi connectivity index (χ1) is 13.0. The maximum absolute atomic E-state index is 13.3. The molecule has 1 aromatic carbocycles. The minimum Gasteiger partial charge on any atom is -0.320 e. The van der Waals surface area contributed by atoms with Crippen LogP contribution in [0.1, 0.15) is 12.5 Å². The van der Waals surface area contributed by atoms with E-state index in [-0.39, 0.29) is 6.42 Å². The molecule has 1 atom stereocenters. The summed E-state index contributed by atoms with van der Waals surface area (Å²) >= 11 is 0. The van der Waals surface area contributed by atoms with E-state index < -0.39 is 23.6 Å². The van der Waals surface area contributed by atoms with E-state index in [1.54, 1.807) is 23.1 Å². The zero-order valence-corrected chi connectivity index (χ0v) is 14.7. The summed E-state index contributed by atoms with van der Waals surface area (Å²) in [6.07, 6.45) is 3.41. The van der Waals surface area contributed by atoms with Crippen LogP contribution in [0.5, 0.6) is 0 Å². The Labute approximate surface area is 155 Å². The summed E-state index contributed by atoms with van der Waals surface area (Å²) in [5.74, 6) is -1.83. The summed E-state index contributed by atoms with van der Waals surface area (Å²) in [6.45, 7) is 2.46. The molecule has 0 fully saturated rings. The number of anilines is 1. The van der Waals surface area contributed by atoms with Gasteiger partial charge in [-0.15, -0.1) is 0 Å². The van der Waals surface area contributed by atoms with E-state index in [2.05, 4.69) is 15.4 Å². The Kier molecular flexibility index (Phi) is 5.56. The molecule has 0 aliphatic carbocycles. The SMILES string of the molecule is CCn1nc(-c2ccncc2)cc1NC(=O)[C@@H](N)Cc1ccc(F)c(F)c1. The molecular formula is C19H19F2N5O. The number of pyridine rings is 1. The Hall–Kier alpha value is -3.13. The molecular weight excluding hydrogens is 352 g/mol. The molecule has 3 N–H and O–H groups in total. The third kappa shape index (κ3) is 4.35. The van der Waals surface area contributed by atoms with Gasteiger partial charge in [0, 0.05) is 30.6 Å². The number of hydrogen-bond acceptors (Lipinski definition) is 4. The minimum absolute atomic E-state index is 0.0838. The van der Waals surface area contributed by atoms with Gasteiger partial charge in [-0.2, -0.15) is 5.10 Å². The van der Waals surface area contributed by atoms with Crippen molar-refractivity contribution in [1.82, 2.24) is 14.8 Å². The Morgan fingerprint density at radius 3 is 2.59 bits per heavy atom. The standard InChI is InChI=1S/C19H19F2N5O/c1-2-26-18(11-17(25-26)13-5-7-23-8-6-13)24-19(27)16(22)10-12-3-4-14(20)15(21)9-12/h3-9,11,16H,2,10,22H2,1H3,(H,24,27)/t16-/m0/s1. The maximum Gasteiger partial charge on any atom is 0.242 e. The Morgan fingerprint density at radius 1 is 1.19 bits per heavy atom. The molecule has 6 nitrogen and oxygen atoms in total. The minimum atomic E-state index is -0.967. The summed E-state index contributed by atoms with van der Waals surface area (Å²) < 4.78 is 28.0. The second kappa shape index (κ2) is 8.05. The number of benzene rings is 1. The predicted octanol–water partition coefficient (Wildman–Crippen LogP) is 2.75. The van der Waals surface area contributed by atoms with Crippen LogP contribution in [0.3, 0.4) is 0 Å².